The van der Waals surface area contributed by atoms with Gasteiger partial charge in [0, 0.05) is 31.5 Å². The van der Waals surface area contributed by atoms with Gasteiger partial charge >= 0.3 is 0 Å². The van der Waals surface area contributed by atoms with E-state index in [9.17, 15) is 9.59 Å². The van der Waals surface area contributed by atoms with Crippen molar-refractivity contribution in [1.82, 2.24) is 9.88 Å². The molecule has 0 bridgehead atoms. The topological polar surface area (TPSA) is 63.4 Å². The summed E-state index contributed by atoms with van der Waals surface area (Å²) in [6.07, 6.45) is 5.40. The fourth-order valence-electron chi connectivity index (χ4n) is 3.58. The van der Waals surface area contributed by atoms with E-state index in [-0.39, 0.29) is 17.1 Å². The third-order valence-corrected chi connectivity index (χ3v) is 5.06. The van der Waals surface area contributed by atoms with Gasteiger partial charge in [0.2, 0.25) is 0 Å². The summed E-state index contributed by atoms with van der Waals surface area (Å²) in [6.45, 7) is 3.24. The summed E-state index contributed by atoms with van der Waals surface area (Å²) in [5, 5.41) is 0.503. The molecule has 0 saturated carbocycles. The maximum atomic E-state index is 12.8. The second kappa shape index (κ2) is 6.75. The highest BCUT2D eigenvalue weighted by atomic mass is 16.3. The second-order valence-electron chi connectivity index (χ2n) is 6.82. The zero-order chi connectivity index (χ0) is 18.1. The van der Waals surface area contributed by atoms with Crippen molar-refractivity contribution in [1.29, 1.82) is 0 Å². The lowest BCUT2D eigenvalue weighted by molar-refractivity contribution is 0.0681. The Hall–Kier alpha value is -2.95. The minimum absolute atomic E-state index is 0.121. The number of nitrogens with zero attached hydrogens (tertiary/aromatic N) is 2. The van der Waals surface area contributed by atoms with Crippen LogP contribution < -0.4 is 5.43 Å². The third kappa shape index (κ3) is 3.12. The van der Waals surface area contributed by atoms with Gasteiger partial charge in [-0.1, -0.05) is 6.07 Å². The molecule has 1 aliphatic heterocycles. The normalized spacial score (nSPS) is 15.3. The molecule has 0 unspecified atom stereocenters. The summed E-state index contributed by atoms with van der Waals surface area (Å²) in [5.74, 6) is 0.349. The average Bonchev–Trinajstić information content (AvgIpc) is 2.68. The van der Waals surface area contributed by atoms with Crippen molar-refractivity contribution in [3.63, 3.8) is 0 Å². The van der Waals surface area contributed by atoms with Gasteiger partial charge in [-0.15, -0.1) is 0 Å². The number of amides is 1. The summed E-state index contributed by atoms with van der Waals surface area (Å²) in [4.78, 5) is 30.9. The monoisotopic (exact) mass is 348 g/mol. The van der Waals surface area contributed by atoms with Gasteiger partial charge in [-0.3, -0.25) is 14.6 Å². The van der Waals surface area contributed by atoms with Crippen molar-refractivity contribution in [2.24, 2.45) is 0 Å². The van der Waals surface area contributed by atoms with E-state index >= 15 is 0 Å². The SMILES string of the molecule is Cc1ccc2c(=O)cc(C(=O)N3CCC(c4ccncc4)CC3)oc2c1. The molecule has 1 aromatic carbocycles. The molecule has 3 heterocycles. The largest absolute Gasteiger partial charge is 0.451 e. The van der Waals surface area contributed by atoms with Gasteiger partial charge in [0.25, 0.3) is 5.91 Å². The molecule has 0 aliphatic carbocycles. The predicted octanol–water partition coefficient (Wildman–Crippen LogP) is 3.52. The molecule has 132 valence electrons. The number of rotatable bonds is 2. The molecular formula is C21H20N2O3. The van der Waals surface area contributed by atoms with Crippen LogP contribution in [0.2, 0.25) is 0 Å². The molecule has 1 aliphatic rings. The molecule has 26 heavy (non-hydrogen) atoms. The van der Waals surface area contributed by atoms with Crippen molar-refractivity contribution in [3.05, 3.63) is 75.9 Å². The van der Waals surface area contributed by atoms with Crippen LogP contribution >= 0.6 is 0 Å². The third-order valence-electron chi connectivity index (χ3n) is 5.06. The maximum absolute atomic E-state index is 12.8. The average molecular weight is 348 g/mol. The number of benzene rings is 1. The number of fused-ring (bicyclic) bond motifs is 1. The first-order valence-electron chi connectivity index (χ1n) is 8.85. The smallest absolute Gasteiger partial charge is 0.289 e. The molecule has 2 aromatic heterocycles. The molecule has 3 aromatic rings. The van der Waals surface area contributed by atoms with Crippen molar-refractivity contribution >= 4 is 16.9 Å². The Morgan fingerprint density at radius 1 is 1.12 bits per heavy atom. The highest BCUT2D eigenvalue weighted by Crippen LogP contribution is 2.28. The van der Waals surface area contributed by atoms with E-state index in [0.717, 1.165) is 18.4 Å². The predicted molar refractivity (Wildman–Crippen MR) is 99.3 cm³/mol. The highest BCUT2D eigenvalue weighted by Gasteiger charge is 2.26. The van der Waals surface area contributed by atoms with Crippen LogP contribution in [0.25, 0.3) is 11.0 Å². The Morgan fingerprint density at radius 3 is 2.58 bits per heavy atom. The van der Waals surface area contributed by atoms with Crippen LogP contribution in [0.1, 0.15) is 40.4 Å². The number of likely N-dealkylation sites (tertiary alicyclic amines) is 1. The Bertz CT molecular complexity index is 1000. The summed E-state index contributed by atoms with van der Waals surface area (Å²) >= 11 is 0. The molecule has 0 N–H and O–H groups in total. The number of carbonyl (C=O) groups is 1. The van der Waals surface area contributed by atoms with Crippen LogP contribution in [0, 0.1) is 6.92 Å². The summed E-state index contributed by atoms with van der Waals surface area (Å²) in [7, 11) is 0. The van der Waals surface area contributed by atoms with Crippen LogP contribution in [0.4, 0.5) is 0 Å². The molecule has 1 saturated heterocycles. The van der Waals surface area contributed by atoms with Crippen molar-refractivity contribution in [3.8, 4) is 0 Å². The zero-order valence-corrected chi connectivity index (χ0v) is 14.6. The number of aromatic nitrogens is 1. The van der Waals surface area contributed by atoms with E-state index in [0.29, 0.717) is 30.0 Å². The first-order valence-corrected chi connectivity index (χ1v) is 8.85. The van der Waals surface area contributed by atoms with Gasteiger partial charge in [0.15, 0.2) is 11.2 Å². The van der Waals surface area contributed by atoms with E-state index in [1.54, 1.807) is 29.4 Å². The van der Waals surface area contributed by atoms with Crippen molar-refractivity contribution < 1.29 is 9.21 Å². The minimum Gasteiger partial charge on any atom is -0.451 e. The molecule has 5 heteroatoms. The van der Waals surface area contributed by atoms with Crippen LogP contribution in [0.5, 0.6) is 0 Å². The van der Waals surface area contributed by atoms with Gasteiger partial charge in [0.1, 0.15) is 5.58 Å². The number of hydrogen-bond donors (Lipinski definition) is 0. The number of aryl methyl sites for hydroxylation is 1. The molecular weight excluding hydrogens is 328 g/mol. The van der Waals surface area contributed by atoms with Gasteiger partial charge in [0.05, 0.1) is 5.39 Å². The minimum atomic E-state index is -0.210. The quantitative estimate of drug-likeness (QED) is 0.711. The van der Waals surface area contributed by atoms with Crippen molar-refractivity contribution in [2.75, 3.05) is 13.1 Å². The first kappa shape index (κ1) is 16.5. The fourth-order valence-corrected chi connectivity index (χ4v) is 3.58. The fraction of sp³-hybridized carbons (Fsp3) is 0.286. The van der Waals surface area contributed by atoms with Crippen LogP contribution in [-0.2, 0) is 0 Å². The molecule has 1 amide bonds. The van der Waals surface area contributed by atoms with Gasteiger partial charge in [-0.05, 0) is 61.1 Å². The summed E-state index contributed by atoms with van der Waals surface area (Å²) in [5.41, 5.74) is 2.54. The highest BCUT2D eigenvalue weighted by molar-refractivity contribution is 5.93. The zero-order valence-electron chi connectivity index (χ0n) is 14.6. The van der Waals surface area contributed by atoms with Gasteiger partial charge in [-0.2, -0.15) is 0 Å². The van der Waals surface area contributed by atoms with Crippen LogP contribution in [0.15, 0.2) is 58.0 Å². The second-order valence-corrected chi connectivity index (χ2v) is 6.82. The molecule has 0 spiro atoms. The number of pyridine rings is 1. The standard InChI is InChI=1S/C21H20N2O3/c1-14-2-3-17-18(24)13-20(26-19(17)12-14)21(25)23-10-6-16(7-11-23)15-4-8-22-9-5-15/h2-5,8-9,12-13,16H,6-7,10-11H2,1H3. The lowest BCUT2D eigenvalue weighted by Crippen LogP contribution is -2.38. The Labute approximate surface area is 151 Å². The van der Waals surface area contributed by atoms with Gasteiger partial charge in [-0.25, -0.2) is 0 Å². The maximum Gasteiger partial charge on any atom is 0.289 e. The van der Waals surface area contributed by atoms with E-state index in [4.69, 9.17) is 4.42 Å². The Balaban J connectivity index is 1.54. The first-order chi connectivity index (χ1) is 12.6. The van der Waals surface area contributed by atoms with E-state index in [2.05, 4.69) is 4.98 Å². The molecule has 5 nitrogen and oxygen atoms in total. The van der Waals surface area contributed by atoms with E-state index in [1.165, 1.54) is 11.6 Å². The Morgan fingerprint density at radius 2 is 1.85 bits per heavy atom. The van der Waals surface area contributed by atoms with Crippen molar-refractivity contribution in [2.45, 2.75) is 25.7 Å². The van der Waals surface area contributed by atoms with Crippen LogP contribution in [-0.4, -0.2) is 28.9 Å². The summed E-state index contributed by atoms with van der Waals surface area (Å²) in [6, 6.07) is 10.8. The number of piperidine rings is 1. The molecule has 4 rings (SSSR count). The lowest BCUT2D eigenvalue weighted by Gasteiger charge is -2.31. The van der Waals surface area contributed by atoms with Crippen LogP contribution in [0.3, 0.4) is 0 Å². The number of carbonyl (C=O) groups excluding carboxylic acids is 1. The molecule has 1 fully saturated rings. The summed E-state index contributed by atoms with van der Waals surface area (Å²) < 4.78 is 5.75. The van der Waals surface area contributed by atoms with Gasteiger partial charge < -0.3 is 9.32 Å². The Kier molecular flexibility index (Phi) is 4.29. The molecule has 0 atom stereocenters. The molecule has 0 radical (unpaired) electrons. The van der Waals surface area contributed by atoms with E-state index in [1.807, 2.05) is 25.1 Å². The van der Waals surface area contributed by atoms with E-state index < -0.39 is 0 Å². The number of hydrogen-bond acceptors (Lipinski definition) is 4. The lowest BCUT2D eigenvalue weighted by atomic mass is 9.90.